The summed E-state index contributed by atoms with van der Waals surface area (Å²) in [7, 11) is 0. The van der Waals surface area contributed by atoms with Crippen molar-refractivity contribution in [3.63, 3.8) is 0 Å². The summed E-state index contributed by atoms with van der Waals surface area (Å²) < 4.78 is 0. The van der Waals surface area contributed by atoms with Crippen LogP contribution in [0.25, 0.3) is 10.8 Å². The molecule has 0 radical (unpaired) electrons. The number of benzene rings is 2. The molecule has 0 saturated heterocycles. The van der Waals surface area contributed by atoms with Crippen molar-refractivity contribution in [2.75, 3.05) is 0 Å². The molecule has 2 rings (SSSR count). The minimum absolute atomic E-state index is 0.633. The average Bonchev–Trinajstić information content (AvgIpc) is 2.46. The molecule has 2 heteroatoms. The van der Waals surface area contributed by atoms with Crippen molar-refractivity contribution in [1.82, 2.24) is 0 Å². The second kappa shape index (κ2) is 6.03. The number of unbranched alkanes of at least 4 members (excludes halogenated alkanes) is 2. The molecular weight excluding hydrogens is 232 g/mol. The van der Waals surface area contributed by atoms with Gasteiger partial charge in [0.1, 0.15) is 6.07 Å². The summed E-state index contributed by atoms with van der Waals surface area (Å²) in [5.41, 5.74) is 2.46. The van der Waals surface area contributed by atoms with Crippen molar-refractivity contribution in [3.8, 4) is 12.1 Å². The highest BCUT2D eigenvalue weighted by Crippen LogP contribution is 2.25. The summed E-state index contributed by atoms with van der Waals surface area (Å²) in [6.07, 6.45) is 4.40. The Hall–Kier alpha value is -2.32. The lowest BCUT2D eigenvalue weighted by Gasteiger charge is -2.08. The number of nitrogens with zero attached hydrogens (tertiary/aromatic N) is 2. The third-order valence-corrected chi connectivity index (χ3v) is 3.43. The van der Waals surface area contributed by atoms with Crippen LogP contribution in [0.15, 0.2) is 30.3 Å². The molecule has 2 aromatic rings. The molecule has 0 fully saturated rings. The second-order valence-electron chi connectivity index (χ2n) is 4.68. The van der Waals surface area contributed by atoms with Crippen molar-refractivity contribution < 1.29 is 0 Å². The van der Waals surface area contributed by atoms with E-state index in [0.717, 1.165) is 34.7 Å². The molecule has 0 aromatic heterocycles. The minimum Gasteiger partial charge on any atom is -0.192 e. The zero-order valence-electron chi connectivity index (χ0n) is 11.1. The van der Waals surface area contributed by atoms with Gasteiger partial charge >= 0.3 is 0 Å². The maximum Gasteiger partial charge on any atom is 0.100 e. The van der Waals surface area contributed by atoms with Crippen LogP contribution < -0.4 is 0 Å². The Bertz CT molecular complexity index is 672. The molecule has 2 aromatic carbocycles. The van der Waals surface area contributed by atoms with E-state index in [1.54, 1.807) is 6.07 Å². The number of hydrogen-bond acceptors (Lipinski definition) is 2. The molecule has 0 amide bonds. The van der Waals surface area contributed by atoms with Crippen molar-refractivity contribution in [1.29, 1.82) is 10.5 Å². The maximum atomic E-state index is 9.40. The first-order valence-electron chi connectivity index (χ1n) is 6.66. The number of hydrogen-bond donors (Lipinski definition) is 0. The van der Waals surface area contributed by atoms with Crippen LogP contribution in [0.3, 0.4) is 0 Å². The molecule has 0 bridgehead atoms. The Morgan fingerprint density at radius 3 is 2.47 bits per heavy atom. The molecule has 94 valence electrons. The highest BCUT2D eigenvalue weighted by Gasteiger charge is 2.09. The van der Waals surface area contributed by atoms with Gasteiger partial charge in [0.2, 0.25) is 0 Å². The molecule has 0 spiro atoms. The summed E-state index contributed by atoms with van der Waals surface area (Å²) in [4.78, 5) is 0. The van der Waals surface area contributed by atoms with E-state index in [2.05, 4.69) is 19.1 Å². The third kappa shape index (κ3) is 2.59. The number of rotatable bonds is 4. The van der Waals surface area contributed by atoms with Crippen LogP contribution in [0.2, 0.25) is 0 Å². The quantitative estimate of drug-likeness (QED) is 0.757. The van der Waals surface area contributed by atoms with Crippen LogP contribution in [0, 0.1) is 22.7 Å². The van der Waals surface area contributed by atoms with Crippen LogP contribution in [0.4, 0.5) is 0 Å². The van der Waals surface area contributed by atoms with Gasteiger partial charge in [-0.1, -0.05) is 44.0 Å². The fourth-order valence-electron chi connectivity index (χ4n) is 2.41. The van der Waals surface area contributed by atoms with Gasteiger partial charge < -0.3 is 0 Å². The standard InChI is InChI=1S/C17H16N2/c1-2-3-4-6-13-9-10-15-14(11-18)7-5-8-16(15)17(13)12-19/h5,7-10H,2-4,6H2,1H3. The SMILES string of the molecule is CCCCCc1ccc2c(C#N)cccc2c1C#N. The van der Waals surface area contributed by atoms with Gasteiger partial charge in [-0.3, -0.25) is 0 Å². The second-order valence-corrected chi connectivity index (χ2v) is 4.68. The van der Waals surface area contributed by atoms with E-state index in [0.29, 0.717) is 5.56 Å². The van der Waals surface area contributed by atoms with Gasteiger partial charge in [-0.15, -0.1) is 0 Å². The van der Waals surface area contributed by atoms with E-state index in [-0.39, 0.29) is 0 Å². The highest BCUT2D eigenvalue weighted by molar-refractivity contribution is 5.93. The van der Waals surface area contributed by atoms with Crippen LogP contribution >= 0.6 is 0 Å². The van der Waals surface area contributed by atoms with E-state index in [9.17, 15) is 5.26 Å². The van der Waals surface area contributed by atoms with E-state index >= 15 is 0 Å². The zero-order chi connectivity index (χ0) is 13.7. The van der Waals surface area contributed by atoms with Crippen molar-refractivity contribution >= 4 is 10.8 Å². The van der Waals surface area contributed by atoms with Crippen LogP contribution in [0.1, 0.15) is 42.9 Å². The summed E-state index contributed by atoms with van der Waals surface area (Å²) in [5.74, 6) is 0. The monoisotopic (exact) mass is 248 g/mol. The van der Waals surface area contributed by atoms with Crippen molar-refractivity contribution in [2.24, 2.45) is 0 Å². The molecule has 0 unspecified atom stereocenters. The number of aryl methyl sites for hydroxylation is 1. The fourth-order valence-corrected chi connectivity index (χ4v) is 2.41. The molecule has 0 atom stereocenters. The Morgan fingerprint density at radius 1 is 0.947 bits per heavy atom. The lowest BCUT2D eigenvalue weighted by atomic mass is 9.94. The molecule has 0 saturated carbocycles. The van der Waals surface area contributed by atoms with Gasteiger partial charge in [-0.2, -0.15) is 10.5 Å². The van der Waals surface area contributed by atoms with E-state index in [4.69, 9.17) is 5.26 Å². The maximum absolute atomic E-state index is 9.40. The zero-order valence-corrected chi connectivity index (χ0v) is 11.1. The molecule has 0 aliphatic carbocycles. The highest BCUT2D eigenvalue weighted by atomic mass is 14.3. The largest absolute Gasteiger partial charge is 0.192 e. The normalized spacial score (nSPS) is 10.1. The van der Waals surface area contributed by atoms with E-state index < -0.39 is 0 Å². The fraction of sp³-hybridized carbons (Fsp3) is 0.294. The van der Waals surface area contributed by atoms with Gasteiger partial charge in [0, 0.05) is 10.8 Å². The van der Waals surface area contributed by atoms with Crippen LogP contribution in [-0.4, -0.2) is 0 Å². The Morgan fingerprint density at radius 2 is 1.79 bits per heavy atom. The Balaban J connectivity index is 2.52. The lowest BCUT2D eigenvalue weighted by Crippen LogP contribution is -1.93. The van der Waals surface area contributed by atoms with E-state index in [1.807, 2.05) is 24.3 Å². The minimum atomic E-state index is 0.633. The first kappa shape index (κ1) is 13.1. The Labute approximate surface area is 113 Å². The molecule has 0 aliphatic rings. The Kier molecular flexibility index (Phi) is 4.16. The summed E-state index contributed by atoms with van der Waals surface area (Å²) in [5, 5.41) is 20.3. The first-order chi connectivity index (χ1) is 9.31. The number of nitriles is 2. The smallest absolute Gasteiger partial charge is 0.100 e. The number of fused-ring (bicyclic) bond motifs is 1. The van der Waals surface area contributed by atoms with Gasteiger partial charge in [0.15, 0.2) is 0 Å². The summed E-state index contributed by atoms with van der Waals surface area (Å²) >= 11 is 0. The topological polar surface area (TPSA) is 47.6 Å². The molecule has 0 aliphatic heterocycles. The lowest BCUT2D eigenvalue weighted by molar-refractivity contribution is 0.717. The molecule has 19 heavy (non-hydrogen) atoms. The van der Waals surface area contributed by atoms with Crippen molar-refractivity contribution in [3.05, 3.63) is 47.0 Å². The predicted molar refractivity (Wildman–Crippen MR) is 76.6 cm³/mol. The van der Waals surface area contributed by atoms with Gasteiger partial charge in [0.25, 0.3) is 0 Å². The molecule has 2 nitrogen and oxygen atoms in total. The van der Waals surface area contributed by atoms with Crippen molar-refractivity contribution in [2.45, 2.75) is 32.6 Å². The molecule has 0 N–H and O–H groups in total. The van der Waals surface area contributed by atoms with Crippen LogP contribution in [-0.2, 0) is 6.42 Å². The van der Waals surface area contributed by atoms with E-state index in [1.165, 1.54) is 12.8 Å². The molecular formula is C17H16N2. The summed E-state index contributed by atoms with van der Waals surface area (Å²) in [6.45, 7) is 2.17. The predicted octanol–water partition coefficient (Wildman–Crippen LogP) is 4.32. The van der Waals surface area contributed by atoms with Gasteiger partial charge in [-0.05, 0) is 24.5 Å². The first-order valence-corrected chi connectivity index (χ1v) is 6.66. The third-order valence-electron chi connectivity index (χ3n) is 3.43. The average molecular weight is 248 g/mol. The molecule has 0 heterocycles. The summed E-state index contributed by atoms with van der Waals surface area (Å²) in [6, 6.07) is 14.0. The van der Waals surface area contributed by atoms with Gasteiger partial charge in [-0.25, -0.2) is 0 Å². The van der Waals surface area contributed by atoms with Crippen LogP contribution in [0.5, 0.6) is 0 Å². The van der Waals surface area contributed by atoms with Gasteiger partial charge in [0.05, 0.1) is 17.2 Å².